The van der Waals surface area contributed by atoms with Gasteiger partial charge in [-0.25, -0.2) is 4.98 Å². The van der Waals surface area contributed by atoms with Gasteiger partial charge in [-0.05, 0) is 25.0 Å². The van der Waals surface area contributed by atoms with Crippen molar-refractivity contribution in [3.05, 3.63) is 27.5 Å². The molecule has 1 fully saturated rings. The SMILES string of the molecule is COC(=O)C1(c2csc(-c3ccc(Cl)s3)n2)CC1. The summed E-state index contributed by atoms with van der Waals surface area (Å²) in [6.07, 6.45) is 1.65. The Morgan fingerprint density at radius 2 is 2.28 bits per heavy atom. The lowest BCUT2D eigenvalue weighted by Crippen LogP contribution is -2.22. The summed E-state index contributed by atoms with van der Waals surface area (Å²) >= 11 is 8.95. The zero-order chi connectivity index (χ0) is 12.8. The molecule has 6 heteroatoms. The maximum absolute atomic E-state index is 11.8. The van der Waals surface area contributed by atoms with E-state index in [0.717, 1.165) is 32.8 Å². The fraction of sp³-hybridized carbons (Fsp3) is 0.333. The highest BCUT2D eigenvalue weighted by Gasteiger charge is 2.54. The molecule has 1 saturated carbocycles. The van der Waals surface area contributed by atoms with Crippen LogP contribution in [0, 0.1) is 0 Å². The number of esters is 1. The molecule has 2 aromatic rings. The first-order valence-corrected chi connectivity index (χ1v) is 7.53. The van der Waals surface area contributed by atoms with E-state index in [1.807, 2.05) is 17.5 Å². The highest BCUT2D eigenvalue weighted by atomic mass is 35.5. The minimum Gasteiger partial charge on any atom is -0.468 e. The summed E-state index contributed by atoms with van der Waals surface area (Å²) in [6.45, 7) is 0. The van der Waals surface area contributed by atoms with E-state index >= 15 is 0 Å². The molecular formula is C12H10ClNO2S2. The number of nitrogens with zero attached hydrogens (tertiary/aromatic N) is 1. The van der Waals surface area contributed by atoms with Crippen LogP contribution in [0.5, 0.6) is 0 Å². The fourth-order valence-corrected chi connectivity index (χ4v) is 3.95. The van der Waals surface area contributed by atoms with Crippen LogP contribution in [0.2, 0.25) is 4.34 Å². The van der Waals surface area contributed by atoms with Crippen molar-refractivity contribution >= 4 is 40.2 Å². The van der Waals surface area contributed by atoms with Crippen molar-refractivity contribution in [2.45, 2.75) is 18.3 Å². The molecule has 0 atom stereocenters. The Kier molecular flexibility index (Phi) is 2.92. The Morgan fingerprint density at radius 1 is 1.50 bits per heavy atom. The largest absolute Gasteiger partial charge is 0.468 e. The molecule has 2 heterocycles. The van der Waals surface area contributed by atoms with Crippen molar-refractivity contribution < 1.29 is 9.53 Å². The zero-order valence-electron chi connectivity index (χ0n) is 9.60. The summed E-state index contributed by atoms with van der Waals surface area (Å²) in [7, 11) is 1.43. The number of ether oxygens (including phenoxy) is 1. The Morgan fingerprint density at radius 3 is 2.83 bits per heavy atom. The molecule has 0 bridgehead atoms. The number of hydrogen-bond acceptors (Lipinski definition) is 5. The lowest BCUT2D eigenvalue weighted by Gasteiger charge is -2.08. The number of thiazole rings is 1. The Hall–Kier alpha value is -0.910. The van der Waals surface area contributed by atoms with Crippen LogP contribution in [0.25, 0.3) is 9.88 Å². The van der Waals surface area contributed by atoms with Crippen molar-refractivity contribution in [2.24, 2.45) is 0 Å². The van der Waals surface area contributed by atoms with Gasteiger partial charge in [0.2, 0.25) is 0 Å². The second-order valence-corrected chi connectivity index (χ2v) is 6.79. The van der Waals surface area contributed by atoms with Gasteiger partial charge in [0.05, 0.1) is 22.0 Å². The third-order valence-corrected chi connectivity index (χ3v) is 5.35. The van der Waals surface area contributed by atoms with E-state index in [-0.39, 0.29) is 5.97 Å². The van der Waals surface area contributed by atoms with E-state index in [1.54, 1.807) is 11.3 Å². The van der Waals surface area contributed by atoms with Gasteiger partial charge >= 0.3 is 5.97 Å². The van der Waals surface area contributed by atoms with Gasteiger partial charge in [0.1, 0.15) is 10.4 Å². The number of aromatic nitrogens is 1. The van der Waals surface area contributed by atoms with Gasteiger partial charge in [0.25, 0.3) is 0 Å². The first-order chi connectivity index (χ1) is 8.65. The summed E-state index contributed by atoms with van der Waals surface area (Å²) < 4.78 is 5.60. The Labute approximate surface area is 117 Å². The topological polar surface area (TPSA) is 39.2 Å². The zero-order valence-corrected chi connectivity index (χ0v) is 12.0. The summed E-state index contributed by atoms with van der Waals surface area (Å²) in [5.74, 6) is -0.177. The predicted molar refractivity (Wildman–Crippen MR) is 73.4 cm³/mol. The molecule has 1 aliphatic rings. The predicted octanol–water partition coefficient (Wildman–Crippen LogP) is 3.73. The minimum atomic E-state index is -0.482. The molecule has 0 N–H and O–H groups in total. The van der Waals surface area contributed by atoms with Crippen LogP contribution in [0.15, 0.2) is 17.5 Å². The van der Waals surface area contributed by atoms with E-state index in [4.69, 9.17) is 16.3 Å². The van der Waals surface area contributed by atoms with E-state index in [0.29, 0.717) is 0 Å². The van der Waals surface area contributed by atoms with E-state index in [1.165, 1.54) is 18.4 Å². The van der Waals surface area contributed by atoms with Gasteiger partial charge in [0, 0.05) is 5.38 Å². The van der Waals surface area contributed by atoms with Crippen molar-refractivity contribution in [2.75, 3.05) is 7.11 Å². The van der Waals surface area contributed by atoms with Gasteiger partial charge in [-0.15, -0.1) is 22.7 Å². The molecule has 18 heavy (non-hydrogen) atoms. The Bertz CT molecular complexity index is 601. The first kappa shape index (κ1) is 12.1. The quantitative estimate of drug-likeness (QED) is 0.811. The third-order valence-electron chi connectivity index (χ3n) is 3.10. The van der Waals surface area contributed by atoms with Gasteiger partial charge in [-0.2, -0.15) is 0 Å². The van der Waals surface area contributed by atoms with Crippen LogP contribution in [0.4, 0.5) is 0 Å². The van der Waals surface area contributed by atoms with E-state index < -0.39 is 5.41 Å². The number of halogens is 1. The molecule has 0 aliphatic heterocycles. The number of hydrogen-bond donors (Lipinski definition) is 0. The summed E-state index contributed by atoms with van der Waals surface area (Å²) in [5, 5.41) is 2.87. The molecule has 94 valence electrons. The van der Waals surface area contributed by atoms with Crippen molar-refractivity contribution in [1.82, 2.24) is 4.98 Å². The molecule has 0 aromatic carbocycles. The number of methoxy groups -OCH3 is 1. The maximum Gasteiger partial charge on any atom is 0.317 e. The lowest BCUT2D eigenvalue weighted by molar-refractivity contribution is -0.143. The second-order valence-electron chi connectivity index (χ2n) is 4.22. The Balaban J connectivity index is 1.93. The van der Waals surface area contributed by atoms with Gasteiger partial charge in [0.15, 0.2) is 0 Å². The first-order valence-electron chi connectivity index (χ1n) is 5.46. The number of thiophene rings is 1. The molecular weight excluding hydrogens is 290 g/mol. The average molecular weight is 300 g/mol. The summed E-state index contributed by atoms with van der Waals surface area (Å²) in [5.41, 5.74) is 0.351. The molecule has 0 spiro atoms. The van der Waals surface area contributed by atoms with Crippen LogP contribution in [-0.4, -0.2) is 18.1 Å². The number of carbonyl (C=O) groups excluding carboxylic acids is 1. The number of rotatable bonds is 3. The highest BCUT2D eigenvalue weighted by Crippen LogP contribution is 2.50. The lowest BCUT2D eigenvalue weighted by atomic mass is 10.0. The standard InChI is InChI=1S/C12H10ClNO2S2/c1-16-11(15)12(4-5-12)8-6-17-10(14-8)7-2-3-9(13)18-7/h2-3,6H,4-5H2,1H3. The monoisotopic (exact) mass is 299 g/mol. The molecule has 0 saturated heterocycles. The van der Waals surface area contributed by atoms with Crippen LogP contribution in [0.1, 0.15) is 18.5 Å². The molecule has 0 amide bonds. The molecule has 1 aliphatic carbocycles. The molecule has 0 unspecified atom stereocenters. The van der Waals surface area contributed by atoms with Gasteiger partial charge in [-0.1, -0.05) is 11.6 Å². The van der Waals surface area contributed by atoms with Crippen LogP contribution in [-0.2, 0) is 14.9 Å². The van der Waals surface area contributed by atoms with Gasteiger partial charge in [-0.3, -0.25) is 4.79 Å². The number of carbonyl (C=O) groups is 1. The fourth-order valence-electron chi connectivity index (χ4n) is 1.92. The van der Waals surface area contributed by atoms with E-state index in [9.17, 15) is 4.79 Å². The third kappa shape index (κ3) is 1.86. The van der Waals surface area contributed by atoms with Crippen LogP contribution < -0.4 is 0 Å². The normalized spacial score (nSPS) is 16.6. The van der Waals surface area contributed by atoms with Crippen molar-refractivity contribution in [1.29, 1.82) is 0 Å². The van der Waals surface area contributed by atoms with E-state index in [2.05, 4.69) is 4.98 Å². The van der Waals surface area contributed by atoms with Gasteiger partial charge < -0.3 is 4.74 Å². The molecule has 3 rings (SSSR count). The maximum atomic E-state index is 11.8. The minimum absolute atomic E-state index is 0.177. The summed E-state index contributed by atoms with van der Waals surface area (Å²) in [4.78, 5) is 17.4. The second kappa shape index (κ2) is 4.33. The van der Waals surface area contributed by atoms with Crippen molar-refractivity contribution in [3.8, 4) is 9.88 Å². The summed E-state index contributed by atoms with van der Waals surface area (Å²) in [6, 6.07) is 3.81. The van der Waals surface area contributed by atoms with Crippen LogP contribution in [0.3, 0.4) is 0 Å². The molecule has 3 nitrogen and oxygen atoms in total. The average Bonchev–Trinajstić information content (AvgIpc) is 2.84. The molecule has 0 radical (unpaired) electrons. The van der Waals surface area contributed by atoms with Crippen LogP contribution >= 0.6 is 34.3 Å². The smallest absolute Gasteiger partial charge is 0.317 e. The van der Waals surface area contributed by atoms with Crippen molar-refractivity contribution in [3.63, 3.8) is 0 Å². The highest BCUT2D eigenvalue weighted by molar-refractivity contribution is 7.23. The molecule has 2 aromatic heterocycles.